The minimum atomic E-state index is 0.657. The van der Waals surface area contributed by atoms with Gasteiger partial charge in [-0.15, -0.1) is 11.8 Å². The van der Waals surface area contributed by atoms with Crippen molar-refractivity contribution in [3.63, 3.8) is 0 Å². The maximum Gasteiger partial charge on any atom is 0.108 e. The molecule has 0 unspecified atom stereocenters. The molecule has 6 heteroatoms. The van der Waals surface area contributed by atoms with E-state index < -0.39 is 0 Å². The molecule has 0 saturated carbocycles. The average molecular weight is 305 g/mol. The molecular weight excluding hydrogens is 292 g/mol. The number of H-pyrrole nitrogens is 1. The Labute approximate surface area is 125 Å². The molecule has 0 saturated heterocycles. The highest BCUT2D eigenvalue weighted by atomic mass is 35.5. The fourth-order valence-corrected chi connectivity index (χ4v) is 2.81. The van der Waals surface area contributed by atoms with Crippen molar-refractivity contribution < 1.29 is 0 Å². The van der Waals surface area contributed by atoms with Gasteiger partial charge in [0.05, 0.1) is 21.1 Å². The highest BCUT2D eigenvalue weighted by Gasteiger charge is 2.04. The second-order valence-corrected chi connectivity index (χ2v) is 5.92. The van der Waals surface area contributed by atoms with E-state index in [-0.39, 0.29) is 0 Å². The maximum absolute atomic E-state index is 5.80. The number of nitrogens with zero attached hydrogens (tertiary/aromatic N) is 2. The molecule has 2 heterocycles. The first kappa shape index (κ1) is 13.3. The predicted octanol–water partition coefficient (Wildman–Crippen LogP) is 3.53. The van der Waals surface area contributed by atoms with E-state index in [0.29, 0.717) is 5.02 Å². The van der Waals surface area contributed by atoms with Gasteiger partial charge in [0.2, 0.25) is 0 Å². The molecule has 20 heavy (non-hydrogen) atoms. The SMILES string of the molecule is Nc1ccc2nc(CCSc3ccc(Cl)cn3)[nH]c2c1. The van der Waals surface area contributed by atoms with Crippen molar-refractivity contribution in [2.45, 2.75) is 11.4 Å². The Hall–Kier alpha value is -1.72. The van der Waals surface area contributed by atoms with Crippen molar-refractivity contribution >= 4 is 40.1 Å². The van der Waals surface area contributed by atoms with Crippen LogP contribution in [0.2, 0.25) is 5.02 Å². The first-order valence-electron chi connectivity index (χ1n) is 6.19. The fraction of sp³-hybridized carbons (Fsp3) is 0.143. The topological polar surface area (TPSA) is 67.6 Å². The summed E-state index contributed by atoms with van der Waals surface area (Å²) in [5.74, 6) is 1.87. The minimum Gasteiger partial charge on any atom is -0.399 e. The molecule has 0 aliphatic carbocycles. The van der Waals surface area contributed by atoms with Gasteiger partial charge >= 0.3 is 0 Å². The Kier molecular flexibility index (Phi) is 3.80. The van der Waals surface area contributed by atoms with Crippen LogP contribution in [0, 0.1) is 0 Å². The summed E-state index contributed by atoms with van der Waals surface area (Å²) in [6.07, 6.45) is 2.51. The van der Waals surface area contributed by atoms with Crippen molar-refractivity contribution in [3.05, 3.63) is 47.4 Å². The van der Waals surface area contributed by atoms with E-state index in [2.05, 4.69) is 15.0 Å². The lowest BCUT2D eigenvalue weighted by molar-refractivity contribution is 1.01. The van der Waals surface area contributed by atoms with Crippen molar-refractivity contribution in [2.75, 3.05) is 11.5 Å². The molecule has 0 aliphatic heterocycles. The zero-order valence-electron chi connectivity index (χ0n) is 10.6. The lowest BCUT2D eigenvalue weighted by Gasteiger charge is -1.99. The van der Waals surface area contributed by atoms with E-state index in [1.54, 1.807) is 18.0 Å². The number of nitrogens with two attached hydrogens (primary N) is 1. The van der Waals surface area contributed by atoms with E-state index >= 15 is 0 Å². The van der Waals surface area contributed by atoms with Gasteiger partial charge in [-0.1, -0.05) is 11.6 Å². The lowest BCUT2D eigenvalue weighted by atomic mass is 10.3. The fourth-order valence-electron chi connectivity index (χ4n) is 1.90. The summed E-state index contributed by atoms with van der Waals surface area (Å²) >= 11 is 7.49. The van der Waals surface area contributed by atoms with Gasteiger partial charge in [0.15, 0.2) is 0 Å². The van der Waals surface area contributed by atoms with Crippen LogP contribution in [-0.2, 0) is 6.42 Å². The van der Waals surface area contributed by atoms with Crippen LogP contribution in [0.4, 0.5) is 5.69 Å². The molecule has 0 spiro atoms. The van der Waals surface area contributed by atoms with Crippen LogP contribution in [0.5, 0.6) is 0 Å². The highest BCUT2D eigenvalue weighted by molar-refractivity contribution is 7.99. The zero-order chi connectivity index (χ0) is 13.9. The first-order chi connectivity index (χ1) is 9.70. The summed E-state index contributed by atoms with van der Waals surface area (Å²) in [7, 11) is 0. The first-order valence-corrected chi connectivity index (χ1v) is 7.55. The standard InChI is InChI=1S/C14H13ClN4S/c15-9-1-4-14(17-8-9)20-6-5-13-18-11-3-2-10(16)7-12(11)19-13/h1-4,7-8H,5-6,16H2,(H,18,19). The number of pyridine rings is 1. The number of halogens is 1. The molecule has 0 atom stereocenters. The Morgan fingerprint density at radius 2 is 2.15 bits per heavy atom. The molecule has 3 N–H and O–H groups in total. The maximum atomic E-state index is 5.80. The number of aromatic nitrogens is 3. The molecule has 0 radical (unpaired) electrons. The molecule has 0 fully saturated rings. The molecule has 102 valence electrons. The van der Waals surface area contributed by atoms with Crippen molar-refractivity contribution in [1.82, 2.24) is 15.0 Å². The Balaban J connectivity index is 1.63. The van der Waals surface area contributed by atoms with Gasteiger partial charge < -0.3 is 10.7 Å². The van der Waals surface area contributed by atoms with E-state index in [1.807, 2.05) is 30.3 Å². The van der Waals surface area contributed by atoms with Gasteiger partial charge in [-0.05, 0) is 30.3 Å². The third-order valence-corrected chi connectivity index (χ3v) is 4.01. The molecule has 0 amide bonds. The van der Waals surface area contributed by atoms with Gasteiger partial charge in [0, 0.05) is 24.1 Å². The van der Waals surface area contributed by atoms with E-state index in [9.17, 15) is 0 Å². The molecule has 1 aromatic carbocycles. The van der Waals surface area contributed by atoms with E-state index in [4.69, 9.17) is 17.3 Å². The van der Waals surface area contributed by atoms with Crippen LogP contribution in [0.15, 0.2) is 41.6 Å². The van der Waals surface area contributed by atoms with Gasteiger partial charge in [-0.2, -0.15) is 0 Å². The number of rotatable bonds is 4. The monoisotopic (exact) mass is 304 g/mol. The van der Waals surface area contributed by atoms with Crippen molar-refractivity contribution in [2.24, 2.45) is 0 Å². The molecule has 4 nitrogen and oxygen atoms in total. The van der Waals surface area contributed by atoms with E-state index in [1.165, 1.54) is 0 Å². The molecule has 0 aliphatic rings. The number of anilines is 1. The van der Waals surface area contributed by atoms with Gasteiger partial charge in [0.25, 0.3) is 0 Å². The molecule has 0 bridgehead atoms. The zero-order valence-corrected chi connectivity index (χ0v) is 12.2. The summed E-state index contributed by atoms with van der Waals surface area (Å²) in [6.45, 7) is 0. The number of aromatic amines is 1. The van der Waals surface area contributed by atoms with Crippen LogP contribution in [0.3, 0.4) is 0 Å². The number of aryl methyl sites for hydroxylation is 1. The van der Waals surface area contributed by atoms with Gasteiger partial charge in [-0.3, -0.25) is 0 Å². The van der Waals surface area contributed by atoms with E-state index in [0.717, 1.165) is 39.7 Å². The quantitative estimate of drug-likeness (QED) is 0.571. The number of hydrogen-bond acceptors (Lipinski definition) is 4. The number of hydrogen-bond donors (Lipinski definition) is 2. The average Bonchev–Trinajstić information content (AvgIpc) is 2.83. The number of nitrogen functional groups attached to an aromatic ring is 1. The number of thioether (sulfide) groups is 1. The third kappa shape index (κ3) is 3.05. The number of benzene rings is 1. The van der Waals surface area contributed by atoms with Crippen molar-refractivity contribution in [1.29, 1.82) is 0 Å². The molecule has 2 aromatic heterocycles. The summed E-state index contributed by atoms with van der Waals surface area (Å²) < 4.78 is 0. The van der Waals surface area contributed by atoms with Crippen LogP contribution in [0.1, 0.15) is 5.82 Å². The highest BCUT2D eigenvalue weighted by Crippen LogP contribution is 2.19. The number of nitrogens with one attached hydrogen (secondary N) is 1. The summed E-state index contributed by atoms with van der Waals surface area (Å²) in [5, 5.41) is 1.62. The number of fused-ring (bicyclic) bond motifs is 1. The normalized spacial score (nSPS) is 11.1. The predicted molar refractivity (Wildman–Crippen MR) is 84.2 cm³/mol. The van der Waals surface area contributed by atoms with Crippen LogP contribution in [0.25, 0.3) is 11.0 Å². The van der Waals surface area contributed by atoms with Crippen molar-refractivity contribution in [3.8, 4) is 0 Å². The number of imidazole rings is 1. The minimum absolute atomic E-state index is 0.657. The summed E-state index contributed by atoms with van der Waals surface area (Å²) in [6, 6.07) is 9.46. The van der Waals surface area contributed by atoms with Crippen LogP contribution < -0.4 is 5.73 Å². The Bertz CT molecular complexity index is 724. The smallest absolute Gasteiger partial charge is 0.108 e. The second kappa shape index (κ2) is 5.73. The lowest BCUT2D eigenvalue weighted by Crippen LogP contribution is -1.91. The molecule has 3 rings (SSSR count). The summed E-state index contributed by atoms with van der Waals surface area (Å²) in [4.78, 5) is 12.1. The molecular formula is C14H13ClN4S. The third-order valence-electron chi connectivity index (χ3n) is 2.84. The van der Waals surface area contributed by atoms with Crippen LogP contribution >= 0.6 is 23.4 Å². The molecule has 3 aromatic rings. The summed E-state index contributed by atoms with van der Waals surface area (Å²) in [5.41, 5.74) is 8.42. The van der Waals surface area contributed by atoms with Gasteiger partial charge in [0.1, 0.15) is 5.82 Å². The van der Waals surface area contributed by atoms with Gasteiger partial charge in [-0.25, -0.2) is 9.97 Å². The van der Waals surface area contributed by atoms with Crippen LogP contribution in [-0.4, -0.2) is 20.7 Å². The second-order valence-electron chi connectivity index (χ2n) is 4.37. The Morgan fingerprint density at radius 1 is 1.25 bits per heavy atom. The largest absolute Gasteiger partial charge is 0.399 e. The Morgan fingerprint density at radius 3 is 2.95 bits per heavy atom.